The number of amides is 1. The van der Waals surface area contributed by atoms with Crippen LogP contribution < -0.4 is 0 Å². The molecule has 0 radical (unpaired) electrons. The number of carbonyl (C=O) groups excluding carboxylic acids is 1. The van der Waals surface area contributed by atoms with Crippen LogP contribution in [0.15, 0.2) is 30.3 Å². The summed E-state index contributed by atoms with van der Waals surface area (Å²) < 4.78 is 5.31. The van der Waals surface area contributed by atoms with E-state index in [4.69, 9.17) is 4.74 Å². The minimum atomic E-state index is -0.289. The van der Waals surface area contributed by atoms with Crippen molar-refractivity contribution in [2.45, 2.75) is 26.4 Å². The van der Waals surface area contributed by atoms with Gasteiger partial charge in [-0.1, -0.05) is 37.3 Å². The highest BCUT2D eigenvalue weighted by Crippen LogP contribution is 2.29. The van der Waals surface area contributed by atoms with E-state index in [1.54, 1.807) is 4.90 Å². The molecule has 1 atom stereocenters. The molecule has 104 valence electrons. The molecular formula is C15H21NO3. The largest absolute Gasteiger partial charge is 0.445 e. The number of carbonyl (C=O) groups is 1. The first kappa shape index (κ1) is 13.9. The van der Waals surface area contributed by atoms with Crippen molar-refractivity contribution in [1.82, 2.24) is 4.90 Å². The van der Waals surface area contributed by atoms with Crippen molar-refractivity contribution in [2.24, 2.45) is 5.41 Å². The lowest BCUT2D eigenvalue weighted by Crippen LogP contribution is -2.46. The van der Waals surface area contributed by atoms with E-state index in [9.17, 15) is 9.90 Å². The lowest BCUT2D eigenvalue weighted by molar-refractivity contribution is 0.0313. The standard InChI is InChI=1S/C15H21NO3/c1-15(12-17)8-5-9-16(11-15)14(18)19-10-13-6-3-2-4-7-13/h2-4,6-7,17H,5,8-12H2,1H3. The zero-order valence-electron chi connectivity index (χ0n) is 11.3. The Morgan fingerprint density at radius 3 is 2.84 bits per heavy atom. The van der Waals surface area contributed by atoms with Crippen LogP contribution in [0.5, 0.6) is 0 Å². The highest BCUT2D eigenvalue weighted by Gasteiger charge is 2.33. The first-order chi connectivity index (χ1) is 9.13. The lowest BCUT2D eigenvalue weighted by Gasteiger charge is -2.38. The molecule has 1 aliphatic rings. The molecule has 4 nitrogen and oxygen atoms in total. The van der Waals surface area contributed by atoms with Gasteiger partial charge in [0.2, 0.25) is 0 Å². The van der Waals surface area contributed by atoms with Crippen molar-refractivity contribution in [3.05, 3.63) is 35.9 Å². The van der Waals surface area contributed by atoms with Gasteiger partial charge in [-0.25, -0.2) is 4.79 Å². The monoisotopic (exact) mass is 263 g/mol. The molecule has 1 amide bonds. The highest BCUT2D eigenvalue weighted by atomic mass is 16.6. The van der Waals surface area contributed by atoms with Crippen molar-refractivity contribution in [3.8, 4) is 0 Å². The molecule has 2 rings (SSSR count). The minimum Gasteiger partial charge on any atom is -0.445 e. The van der Waals surface area contributed by atoms with Crippen LogP contribution >= 0.6 is 0 Å². The smallest absolute Gasteiger partial charge is 0.410 e. The van der Waals surface area contributed by atoms with Crippen LogP contribution in [0.25, 0.3) is 0 Å². The van der Waals surface area contributed by atoms with Crippen LogP contribution in [0.2, 0.25) is 0 Å². The second-order valence-electron chi connectivity index (χ2n) is 5.53. The second-order valence-corrected chi connectivity index (χ2v) is 5.53. The molecule has 19 heavy (non-hydrogen) atoms. The number of nitrogens with zero attached hydrogens (tertiary/aromatic N) is 1. The van der Waals surface area contributed by atoms with Crippen LogP contribution in [0.4, 0.5) is 4.79 Å². The molecule has 1 heterocycles. The van der Waals surface area contributed by atoms with Crippen LogP contribution in [0.1, 0.15) is 25.3 Å². The maximum atomic E-state index is 12.0. The summed E-state index contributed by atoms with van der Waals surface area (Å²) in [5, 5.41) is 9.38. The van der Waals surface area contributed by atoms with Gasteiger partial charge in [0.05, 0.1) is 6.61 Å². The van der Waals surface area contributed by atoms with Gasteiger partial charge in [-0.3, -0.25) is 0 Å². The van der Waals surface area contributed by atoms with E-state index in [1.165, 1.54) is 0 Å². The summed E-state index contributed by atoms with van der Waals surface area (Å²) in [5.41, 5.74) is 0.794. The van der Waals surface area contributed by atoms with Gasteiger partial charge < -0.3 is 14.7 Å². The van der Waals surface area contributed by atoms with E-state index in [0.29, 0.717) is 19.7 Å². The van der Waals surface area contributed by atoms with Gasteiger partial charge in [-0.05, 0) is 18.4 Å². The van der Waals surface area contributed by atoms with Gasteiger partial charge in [0.25, 0.3) is 0 Å². The highest BCUT2D eigenvalue weighted by molar-refractivity contribution is 5.67. The van der Waals surface area contributed by atoms with Crippen LogP contribution in [-0.2, 0) is 11.3 Å². The Kier molecular flexibility index (Phi) is 4.43. The number of piperidine rings is 1. The molecule has 0 aliphatic carbocycles. The number of hydrogen-bond donors (Lipinski definition) is 1. The molecule has 0 aromatic heterocycles. The number of rotatable bonds is 3. The molecule has 1 aromatic carbocycles. The third kappa shape index (κ3) is 3.70. The van der Waals surface area contributed by atoms with Gasteiger partial charge in [-0.2, -0.15) is 0 Å². The number of benzene rings is 1. The Morgan fingerprint density at radius 1 is 1.42 bits per heavy atom. The summed E-state index contributed by atoms with van der Waals surface area (Å²) in [7, 11) is 0. The van der Waals surface area contributed by atoms with Crippen LogP contribution in [-0.4, -0.2) is 35.8 Å². The van der Waals surface area contributed by atoms with E-state index in [-0.39, 0.29) is 18.1 Å². The van der Waals surface area contributed by atoms with Crippen molar-refractivity contribution < 1.29 is 14.6 Å². The zero-order chi connectivity index (χ0) is 13.7. The molecule has 4 heteroatoms. The van der Waals surface area contributed by atoms with E-state index in [1.807, 2.05) is 37.3 Å². The Labute approximate surface area is 114 Å². The fraction of sp³-hybridized carbons (Fsp3) is 0.533. The fourth-order valence-corrected chi connectivity index (χ4v) is 2.41. The summed E-state index contributed by atoms with van der Waals surface area (Å²) in [6, 6.07) is 9.64. The predicted octanol–water partition coefficient (Wildman–Crippen LogP) is 2.42. The first-order valence-corrected chi connectivity index (χ1v) is 6.69. The molecule has 1 aromatic rings. The molecule has 1 N–H and O–H groups in total. The van der Waals surface area contributed by atoms with Gasteiger partial charge in [0, 0.05) is 18.5 Å². The fourth-order valence-electron chi connectivity index (χ4n) is 2.41. The van der Waals surface area contributed by atoms with Crippen molar-refractivity contribution in [2.75, 3.05) is 19.7 Å². The number of aliphatic hydroxyl groups excluding tert-OH is 1. The minimum absolute atomic E-state index is 0.107. The average Bonchev–Trinajstić information content (AvgIpc) is 2.46. The summed E-state index contributed by atoms with van der Waals surface area (Å²) in [6.07, 6.45) is 1.58. The predicted molar refractivity (Wildman–Crippen MR) is 72.6 cm³/mol. The number of ether oxygens (including phenoxy) is 1. The third-order valence-electron chi connectivity index (χ3n) is 3.63. The molecular weight excluding hydrogens is 242 g/mol. The third-order valence-corrected chi connectivity index (χ3v) is 3.63. The Balaban J connectivity index is 1.86. The van der Waals surface area contributed by atoms with Gasteiger partial charge in [0.15, 0.2) is 0 Å². The van der Waals surface area contributed by atoms with Crippen molar-refractivity contribution in [1.29, 1.82) is 0 Å². The van der Waals surface area contributed by atoms with E-state index < -0.39 is 0 Å². The molecule has 0 bridgehead atoms. The number of aliphatic hydroxyl groups is 1. The Bertz CT molecular complexity index is 421. The number of likely N-dealkylation sites (tertiary alicyclic amines) is 1. The first-order valence-electron chi connectivity index (χ1n) is 6.69. The van der Waals surface area contributed by atoms with Crippen LogP contribution in [0, 0.1) is 5.41 Å². The SMILES string of the molecule is CC1(CO)CCCN(C(=O)OCc2ccccc2)C1. The molecule has 1 aliphatic heterocycles. The summed E-state index contributed by atoms with van der Waals surface area (Å²) >= 11 is 0. The van der Waals surface area contributed by atoms with E-state index in [0.717, 1.165) is 18.4 Å². The lowest BCUT2D eigenvalue weighted by atomic mass is 9.83. The maximum absolute atomic E-state index is 12.0. The summed E-state index contributed by atoms with van der Waals surface area (Å²) in [4.78, 5) is 13.7. The normalized spacial score (nSPS) is 23.2. The van der Waals surface area contributed by atoms with Gasteiger partial charge in [-0.15, -0.1) is 0 Å². The molecule has 0 saturated carbocycles. The van der Waals surface area contributed by atoms with E-state index in [2.05, 4.69) is 0 Å². The molecule has 1 saturated heterocycles. The molecule has 1 fully saturated rings. The second kappa shape index (κ2) is 6.06. The zero-order valence-corrected chi connectivity index (χ0v) is 11.3. The Hall–Kier alpha value is -1.55. The quantitative estimate of drug-likeness (QED) is 0.911. The van der Waals surface area contributed by atoms with Gasteiger partial charge >= 0.3 is 6.09 Å². The summed E-state index contributed by atoms with van der Waals surface area (Å²) in [6.45, 7) is 3.69. The molecule has 0 spiro atoms. The number of hydrogen-bond acceptors (Lipinski definition) is 3. The average molecular weight is 263 g/mol. The van der Waals surface area contributed by atoms with E-state index >= 15 is 0 Å². The summed E-state index contributed by atoms with van der Waals surface area (Å²) in [5.74, 6) is 0. The van der Waals surface area contributed by atoms with Crippen LogP contribution in [0.3, 0.4) is 0 Å². The van der Waals surface area contributed by atoms with Gasteiger partial charge in [0.1, 0.15) is 6.61 Å². The molecule has 1 unspecified atom stereocenters. The van der Waals surface area contributed by atoms with Crippen molar-refractivity contribution >= 4 is 6.09 Å². The maximum Gasteiger partial charge on any atom is 0.410 e. The Morgan fingerprint density at radius 2 is 2.16 bits per heavy atom. The van der Waals surface area contributed by atoms with Crippen molar-refractivity contribution in [3.63, 3.8) is 0 Å². The topological polar surface area (TPSA) is 49.8 Å².